The van der Waals surface area contributed by atoms with Crippen molar-refractivity contribution in [2.24, 2.45) is 0 Å². The van der Waals surface area contributed by atoms with Crippen LogP contribution < -0.4 is 10.6 Å². The Bertz CT molecular complexity index is 1200. The number of carbonyl (C=O) groups excluding carboxylic acids is 3. The highest BCUT2D eigenvalue weighted by molar-refractivity contribution is 5.93. The Morgan fingerprint density at radius 3 is 2.22 bits per heavy atom. The molecule has 0 heterocycles. The zero-order valence-electron chi connectivity index (χ0n) is 25.4. The lowest BCUT2D eigenvalue weighted by Gasteiger charge is -2.44. The van der Waals surface area contributed by atoms with E-state index in [1.807, 2.05) is 62.4 Å². The van der Waals surface area contributed by atoms with Gasteiger partial charge in [0.2, 0.25) is 11.8 Å². The summed E-state index contributed by atoms with van der Waals surface area (Å²) in [6, 6.07) is 14.1. The van der Waals surface area contributed by atoms with E-state index in [-0.39, 0.29) is 23.9 Å². The number of nitrogens with one attached hydrogen (secondary N) is 2. The number of nitrogens with zero attached hydrogens (tertiary/aromatic N) is 1. The first-order valence-electron chi connectivity index (χ1n) is 15.2. The zero-order chi connectivity index (χ0) is 29.6. The highest BCUT2D eigenvalue weighted by atomic mass is 16.6. The van der Waals surface area contributed by atoms with Gasteiger partial charge in [-0.05, 0) is 83.4 Å². The molecular weight excluding hydrogens is 514 g/mol. The summed E-state index contributed by atoms with van der Waals surface area (Å²) in [7, 11) is 0. The lowest BCUT2D eigenvalue weighted by Crippen LogP contribution is -2.58. The van der Waals surface area contributed by atoms with Gasteiger partial charge in [-0.3, -0.25) is 9.59 Å². The average Bonchev–Trinajstić information content (AvgIpc) is 2.88. The number of rotatable bonds is 9. The second-order valence-corrected chi connectivity index (χ2v) is 12.8. The van der Waals surface area contributed by atoms with E-state index in [2.05, 4.69) is 10.6 Å². The predicted octanol–water partition coefficient (Wildman–Crippen LogP) is 6.31. The third kappa shape index (κ3) is 8.34. The maximum Gasteiger partial charge on any atom is 0.408 e. The molecule has 41 heavy (non-hydrogen) atoms. The van der Waals surface area contributed by atoms with Crippen LogP contribution in [0.2, 0.25) is 0 Å². The number of hydrogen-bond acceptors (Lipinski definition) is 4. The fourth-order valence-corrected chi connectivity index (χ4v) is 5.86. The summed E-state index contributed by atoms with van der Waals surface area (Å²) in [6.45, 7) is 9.41. The first-order valence-corrected chi connectivity index (χ1v) is 15.2. The normalized spacial score (nSPS) is 17.6. The van der Waals surface area contributed by atoms with Crippen LogP contribution in [0.15, 0.2) is 48.5 Å². The summed E-state index contributed by atoms with van der Waals surface area (Å²) in [6.07, 6.45) is 7.62. The van der Waals surface area contributed by atoms with Gasteiger partial charge >= 0.3 is 6.09 Å². The number of benzene rings is 2. The number of ether oxygens (including phenoxy) is 1. The van der Waals surface area contributed by atoms with E-state index >= 15 is 0 Å². The second kappa shape index (κ2) is 13.5. The quantitative estimate of drug-likeness (QED) is 0.376. The summed E-state index contributed by atoms with van der Waals surface area (Å²) in [5.74, 6) is -0.393. The van der Waals surface area contributed by atoms with Gasteiger partial charge in [-0.1, -0.05) is 73.4 Å². The molecule has 0 bridgehead atoms. The molecule has 7 nitrogen and oxygen atoms in total. The van der Waals surface area contributed by atoms with Crippen molar-refractivity contribution < 1.29 is 19.1 Å². The molecule has 0 spiro atoms. The molecule has 222 valence electrons. The first-order chi connectivity index (χ1) is 19.5. The van der Waals surface area contributed by atoms with E-state index in [1.54, 1.807) is 25.7 Å². The molecule has 2 fully saturated rings. The van der Waals surface area contributed by atoms with Gasteiger partial charge in [0.05, 0.1) is 0 Å². The van der Waals surface area contributed by atoms with Crippen molar-refractivity contribution in [3.8, 4) is 0 Å². The van der Waals surface area contributed by atoms with Gasteiger partial charge in [-0.2, -0.15) is 0 Å². The highest BCUT2D eigenvalue weighted by Crippen LogP contribution is 2.36. The largest absolute Gasteiger partial charge is 0.444 e. The van der Waals surface area contributed by atoms with E-state index in [4.69, 9.17) is 4.74 Å². The molecule has 0 aliphatic heterocycles. The Morgan fingerprint density at radius 1 is 0.927 bits per heavy atom. The molecule has 0 saturated heterocycles. The lowest BCUT2D eigenvalue weighted by molar-refractivity contribution is -0.147. The Balaban J connectivity index is 1.73. The lowest BCUT2D eigenvalue weighted by atomic mass is 9.86. The number of carbonyl (C=O) groups is 3. The number of hydrogen-bond donors (Lipinski definition) is 2. The number of aryl methyl sites for hydroxylation is 2. The van der Waals surface area contributed by atoms with Crippen LogP contribution in [0.1, 0.15) is 100 Å². The molecule has 2 aromatic rings. The SMILES string of the molecule is Cc1ccc(C)c(C(C(=O)NC2CCCCC2)N(C(=O)C(Cc2ccccc2)NC(=O)OC(C)(C)C)C2CCC2)c1. The maximum atomic E-state index is 14.7. The Kier molecular flexibility index (Phi) is 10.1. The van der Waals surface area contributed by atoms with E-state index < -0.39 is 23.8 Å². The van der Waals surface area contributed by atoms with Crippen LogP contribution in [0.5, 0.6) is 0 Å². The van der Waals surface area contributed by atoms with Crippen molar-refractivity contribution in [3.63, 3.8) is 0 Å². The molecule has 7 heteroatoms. The maximum absolute atomic E-state index is 14.7. The van der Waals surface area contributed by atoms with Crippen LogP contribution in [0.3, 0.4) is 0 Å². The second-order valence-electron chi connectivity index (χ2n) is 12.8. The van der Waals surface area contributed by atoms with E-state index in [1.165, 1.54) is 6.42 Å². The van der Waals surface area contributed by atoms with E-state index in [0.29, 0.717) is 6.42 Å². The average molecular weight is 562 g/mol. The molecule has 4 rings (SSSR count). The van der Waals surface area contributed by atoms with Crippen molar-refractivity contribution in [2.45, 2.75) is 122 Å². The molecule has 2 saturated carbocycles. The van der Waals surface area contributed by atoms with Crippen LogP contribution in [0, 0.1) is 13.8 Å². The first kappa shape index (κ1) is 30.6. The Labute approximate surface area is 245 Å². The van der Waals surface area contributed by atoms with Crippen LogP contribution in [-0.2, 0) is 20.7 Å². The fraction of sp³-hybridized carbons (Fsp3) is 0.559. The van der Waals surface area contributed by atoms with Gasteiger partial charge in [-0.15, -0.1) is 0 Å². The van der Waals surface area contributed by atoms with Gasteiger partial charge in [0.15, 0.2) is 0 Å². The van der Waals surface area contributed by atoms with Gasteiger partial charge in [0, 0.05) is 18.5 Å². The van der Waals surface area contributed by atoms with Crippen LogP contribution in [-0.4, -0.2) is 46.5 Å². The van der Waals surface area contributed by atoms with Crippen LogP contribution in [0.4, 0.5) is 4.79 Å². The van der Waals surface area contributed by atoms with Crippen molar-refractivity contribution >= 4 is 17.9 Å². The number of amides is 3. The molecule has 2 atom stereocenters. The van der Waals surface area contributed by atoms with Gasteiger partial charge in [0.1, 0.15) is 17.7 Å². The van der Waals surface area contributed by atoms with Gasteiger partial charge in [-0.25, -0.2) is 4.79 Å². The molecule has 3 amide bonds. The molecule has 2 N–H and O–H groups in total. The Hall–Kier alpha value is -3.35. The van der Waals surface area contributed by atoms with E-state index in [0.717, 1.165) is 67.2 Å². The van der Waals surface area contributed by atoms with Gasteiger partial charge in [0.25, 0.3) is 0 Å². The molecule has 2 aliphatic rings. The molecule has 0 radical (unpaired) electrons. The third-order valence-corrected chi connectivity index (χ3v) is 8.20. The number of alkyl carbamates (subject to hydrolysis) is 1. The minimum absolute atomic E-state index is 0.0803. The Morgan fingerprint density at radius 2 is 1.61 bits per heavy atom. The standard InChI is InChI=1S/C34H47N3O4/c1-23-19-20-24(2)28(21-23)30(31(38)35-26-15-10-7-11-16-26)37(27-17-12-18-27)32(39)29(22-25-13-8-6-9-14-25)36-33(40)41-34(3,4)5/h6,8-9,13-14,19-21,26-27,29-30H,7,10-12,15-18,22H2,1-5H3,(H,35,38)(H,36,40). The van der Waals surface area contributed by atoms with Gasteiger partial charge < -0.3 is 20.3 Å². The van der Waals surface area contributed by atoms with E-state index in [9.17, 15) is 14.4 Å². The van der Waals surface area contributed by atoms with Crippen molar-refractivity contribution in [1.82, 2.24) is 15.5 Å². The summed E-state index contributed by atoms with van der Waals surface area (Å²) < 4.78 is 5.56. The minimum atomic E-state index is -0.886. The molecule has 2 aromatic carbocycles. The molecule has 2 aliphatic carbocycles. The van der Waals surface area contributed by atoms with Crippen molar-refractivity contribution in [3.05, 3.63) is 70.8 Å². The predicted molar refractivity (Wildman–Crippen MR) is 161 cm³/mol. The molecule has 2 unspecified atom stereocenters. The molecular formula is C34H47N3O4. The summed E-state index contributed by atoms with van der Waals surface area (Å²) in [5, 5.41) is 6.19. The smallest absolute Gasteiger partial charge is 0.408 e. The summed E-state index contributed by atoms with van der Waals surface area (Å²) in [4.78, 5) is 43.7. The fourth-order valence-electron chi connectivity index (χ4n) is 5.86. The zero-order valence-corrected chi connectivity index (χ0v) is 25.4. The van der Waals surface area contributed by atoms with Crippen molar-refractivity contribution in [2.75, 3.05) is 0 Å². The summed E-state index contributed by atoms with van der Waals surface area (Å²) >= 11 is 0. The molecule has 0 aromatic heterocycles. The topological polar surface area (TPSA) is 87.7 Å². The van der Waals surface area contributed by atoms with Crippen LogP contribution >= 0.6 is 0 Å². The monoisotopic (exact) mass is 561 g/mol. The van der Waals surface area contributed by atoms with Crippen LogP contribution in [0.25, 0.3) is 0 Å². The third-order valence-electron chi connectivity index (χ3n) is 8.20. The minimum Gasteiger partial charge on any atom is -0.444 e. The van der Waals surface area contributed by atoms with Crippen molar-refractivity contribution in [1.29, 1.82) is 0 Å². The summed E-state index contributed by atoms with van der Waals surface area (Å²) in [5.41, 5.74) is 3.06. The highest BCUT2D eigenvalue weighted by Gasteiger charge is 2.43.